The van der Waals surface area contributed by atoms with E-state index in [2.05, 4.69) is 64.2 Å². The van der Waals surface area contributed by atoms with Crippen LogP contribution in [0.2, 0.25) is 0 Å². The number of nitrogens with one attached hydrogen (secondary N) is 3. The largest absolute Gasteiger partial charge is 0.449 e. The van der Waals surface area contributed by atoms with Crippen molar-refractivity contribution in [1.29, 1.82) is 0 Å². The van der Waals surface area contributed by atoms with Crippen LogP contribution in [0.1, 0.15) is 63.0 Å². The molecule has 2 fully saturated rings. The fraction of sp³-hybridized carbons (Fsp3) is 0.444. The number of hydrogen-bond acceptors (Lipinski definition) is 3. The maximum atomic E-state index is 14.1. The average Bonchev–Trinajstić information content (AvgIpc) is 3.63. The van der Waals surface area contributed by atoms with Crippen LogP contribution < -0.4 is 10.6 Å². The minimum Gasteiger partial charge on any atom is -0.449 e. The molecule has 1 heterocycles. The number of amides is 2. The van der Waals surface area contributed by atoms with Gasteiger partial charge in [0.1, 0.15) is 5.54 Å². The zero-order valence-corrected chi connectivity index (χ0v) is 24.6. The van der Waals surface area contributed by atoms with Crippen molar-refractivity contribution in [2.75, 3.05) is 13.2 Å². The molecule has 220 valence electrons. The zero-order chi connectivity index (χ0) is 29.0. The summed E-state index contributed by atoms with van der Waals surface area (Å²) in [7, 11) is 0. The van der Waals surface area contributed by atoms with Crippen LogP contribution in [0.3, 0.4) is 0 Å². The quantitative estimate of drug-likeness (QED) is 0.262. The second-order valence-electron chi connectivity index (χ2n) is 12.9. The van der Waals surface area contributed by atoms with Gasteiger partial charge < -0.3 is 20.4 Å². The Bertz CT molecular complexity index is 1430. The maximum absolute atomic E-state index is 14.1. The number of carbonyl (C=O) groups excluding carboxylic acids is 2. The summed E-state index contributed by atoms with van der Waals surface area (Å²) < 4.78 is 5.78. The Morgan fingerprint density at radius 2 is 1.64 bits per heavy atom. The van der Waals surface area contributed by atoms with Gasteiger partial charge in [0.05, 0.1) is 6.61 Å². The Kier molecular flexibility index (Phi) is 8.23. The fourth-order valence-corrected chi connectivity index (χ4v) is 7.54. The van der Waals surface area contributed by atoms with Crippen LogP contribution >= 0.6 is 0 Å². The molecule has 6 rings (SSSR count). The van der Waals surface area contributed by atoms with Gasteiger partial charge in [-0.2, -0.15) is 0 Å². The molecule has 0 bridgehead atoms. The number of carbonyl (C=O) groups is 2. The highest BCUT2D eigenvalue weighted by Crippen LogP contribution is 2.40. The number of aromatic amines is 1. The van der Waals surface area contributed by atoms with Gasteiger partial charge in [-0.3, -0.25) is 4.79 Å². The van der Waals surface area contributed by atoms with Crippen LogP contribution in [0.4, 0.5) is 4.79 Å². The summed E-state index contributed by atoms with van der Waals surface area (Å²) in [4.78, 5) is 30.7. The van der Waals surface area contributed by atoms with Gasteiger partial charge in [-0.1, -0.05) is 92.1 Å². The summed E-state index contributed by atoms with van der Waals surface area (Å²) in [6.07, 6.45) is 18.2. The fourth-order valence-electron chi connectivity index (χ4n) is 7.54. The van der Waals surface area contributed by atoms with E-state index in [-0.39, 0.29) is 11.3 Å². The lowest BCUT2D eigenvalue weighted by Gasteiger charge is -2.39. The molecule has 6 heteroatoms. The molecule has 2 saturated carbocycles. The first-order valence-electron chi connectivity index (χ1n) is 15.6. The second kappa shape index (κ2) is 12.2. The van der Waals surface area contributed by atoms with Crippen molar-refractivity contribution >= 4 is 22.9 Å². The molecule has 0 radical (unpaired) electrons. The van der Waals surface area contributed by atoms with Crippen molar-refractivity contribution in [2.24, 2.45) is 17.8 Å². The van der Waals surface area contributed by atoms with Crippen LogP contribution in [0.25, 0.3) is 10.9 Å². The van der Waals surface area contributed by atoms with Crippen molar-refractivity contribution in [3.05, 3.63) is 96.2 Å². The number of rotatable bonds is 9. The first-order chi connectivity index (χ1) is 20.4. The predicted molar refractivity (Wildman–Crippen MR) is 167 cm³/mol. The number of H-pyrrole nitrogens is 1. The zero-order valence-electron chi connectivity index (χ0n) is 24.6. The van der Waals surface area contributed by atoms with Gasteiger partial charge in [0.2, 0.25) is 5.91 Å². The Hall–Kier alpha value is -3.80. The number of allylic oxidation sites excluding steroid dienone is 4. The van der Waals surface area contributed by atoms with Crippen molar-refractivity contribution < 1.29 is 14.3 Å². The standard InChI is InChI=1S/C36H43N3O3/c1-35(22-29-23-37-32-17-9-8-16-31(29)32,39-34(41)42-24-26-20-27-12-6-7-13-28(27)21-26)33(40)38-25-36(18-10-3-11-19-36)30-14-4-2-5-15-30/h2,4-9,12-17,23,26-28,37H,3,10-11,18-22,24-25H2,1H3,(H,38,40)(H,39,41). The molecule has 42 heavy (non-hydrogen) atoms. The van der Waals surface area contributed by atoms with Gasteiger partial charge in [0, 0.05) is 35.5 Å². The van der Waals surface area contributed by atoms with E-state index in [9.17, 15) is 9.59 Å². The van der Waals surface area contributed by atoms with Crippen LogP contribution in [0, 0.1) is 17.8 Å². The van der Waals surface area contributed by atoms with E-state index in [4.69, 9.17) is 4.74 Å². The average molecular weight is 566 g/mol. The Morgan fingerprint density at radius 1 is 0.952 bits per heavy atom. The predicted octanol–water partition coefficient (Wildman–Crippen LogP) is 6.98. The minimum atomic E-state index is -1.19. The lowest BCUT2D eigenvalue weighted by molar-refractivity contribution is -0.127. The Labute approximate surface area is 249 Å². The normalized spacial score (nSPS) is 24.1. The molecule has 0 aliphatic heterocycles. The minimum absolute atomic E-state index is 0.0977. The molecule has 0 spiro atoms. The van der Waals surface area contributed by atoms with Gasteiger partial charge in [-0.15, -0.1) is 0 Å². The molecule has 0 saturated heterocycles. The monoisotopic (exact) mass is 565 g/mol. The van der Waals surface area contributed by atoms with E-state index in [1.165, 1.54) is 12.0 Å². The van der Waals surface area contributed by atoms with Gasteiger partial charge in [0.25, 0.3) is 0 Å². The van der Waals surface area contributed by atoms with Crippen molar-refractivity contribution in [2.45, 2.75) is 69.2 Å². The topological polar surface area (TPSA) is 83.2 Å². The highest BCUT2D eigenvalue weighted by atomic mass is 16.5. The Morgan fingerprint density at radius 3 is 2.38 bits per heavy atom. The first-order valence-corrected chi connectivity index (χ1v) is 15.6. The molecule has 1 aromatic heterocycles. The summed E-state index contributed by atoms with van der Waals surface area (Å²) in [5.41, 5.74) is 1.98. The summed E-state index contributed by atoms with van der Waals surface area (Å²) in [5, 5.41) is 7.35. The summed E-state index contributed by atoms with van der Waals surface area (Å²) in [5.74, 6) is 1.19. The van der Waals surface area contributed by atoms with E-state index in [1.807, 2.05) is 43.5 Å². The van der Waals surface area contributed by atoms with Crippen molar-refractivity contribution in [3.63, 3.8) is 0 Å². The molecular formula is C36H43N3O3. The van der Waals surface area contributed by atoms with Crippen LogP contribution in [0.5, 0.6) is 0 Å². The molecule has 6 nitrogen and oxygen atoms in total. The number of ether oxygens (including phenoxy) is 1. The number of benzene rings is 2. The maximum Gasteiger partial charge on any atom is 0.408 e. The molecular weight excluding hydrogens is 522 g/mol. The Balaban J connectivity index is 1.18. The lowest BCUT2D eigenvalue weighted by Crippen LogP contribution is -2.60. The number of para-hydroxylation sites is 1. The number of alkyl carbamates (subject to hydrolysis) is 1. The SMILES string of the molecule is CC(Cc1c[nH]c2ccccc12)(NC(=O)OCC1CC2C=CC=CC2C1)C(=O)NCC1(c2ccccc2)CCCCC1. The molecule has 3 aliphatic carbocycles. The highest BCUT2D eigenvalue weighted by molar-refractivity contribution is 5.91. The molecule has 2 amide bonds. The van der Waals surface area contributed by atoms with Crippen LogP contribution in [0.15, 0.2) is 85.1 Å². The third kappa shape index (κ3) is 6.04. The number of aromatic nitrogens is 1. The summed E-state index contributed by atoms with van der Waals surface area (Å²) >= 11 is 0. The van der Waals surface area contributed by atoms with Gasteiger partial charge in [0.15, 0.2) is 0 Å². The summed E-state index contributed by atoms with van der Waals surface area (Å²) in [6, 6.07) is 18.6. The van der Waals surface area contributed by atoms with E-state index < -0.39 is 11.6 Å². The highest BCUT2D eigenvalue weighted by Gasteiger charge is 2.40. The van der Waals surface area contributed by atoms with Crippen LogP contribution in [-0.4, -0.2) is 35.7 Å². The van der Waals surface area contributed by atoms with Gasteiger partial charge in [-0.25, -0.2) is 4.79 Å². The van der Waals surface area contributed by atoms with Crippen molar-refractivity contribution in [3.8, 4) is 0 Å². The third-order valence-corrected chi connectivity index (χ3v) is 9.92. The van der Waals surface area contributed by atoms with E-state index in [1.54, 1.807) is 0 Å². The van der Waals surface area contributed by atoms with Crippen molar-refractivity contribution in [1.82, 2.24) is 15.6 Å². The molecule has 3 atom stereocenters. The molecule has 3 N–H and O–H groups in total. The second-order valence-corrected chi connectivity index (χ2v) is 12.9. The third-order valence-electron chi connectivity index (χ3n) is 9.92. The van der Waals surface area contributed by atoms with Crippen LogP contribution in [-0.2, 0) is 21.4 Å². The molecule has 3 aliphatic rings. The molecule has 3 unspecified atom stereocenters. The van der Waals surface area contributed by atoms with E-state index in [0.29, 0.717) is 37.3 Å². The number of fused-ring (bicyclic) bond motifs is 2. The van der Waals surface area contributed by atoms with E-state index in [0.717, 1.165) is 55.0 Å². The van der Waals surface area contributed by atoms with E-state index >= 15 is 0 Å². The van der Waals surface area contributed by atoms with Gasteiger partial charge >= 0.3 is 6.09 Å². The molecule has 3 aromatic rings. The summed E-state index contributed by atoms with van der Waals surface area (Å²) in [6.45, 7) is 2.73. The smallest absolute Gasteiger partial charge is 0.408 e. The number of hydrogen-bond donors (Lipinski definition) is 3. The lowest BCUT2D eigenvalue weighted by atomic mass is 9.69. The molecule has 2 aromatic carbocycles. The van der Waals surface area contributed by atoms with Gasteiger partial charge in [-0.05, 0) is 67.6 Å². The first kappa shape index (κ1) is 28.3.